The van der Waals surface area contributed by atoms with Gasteiger partial charge in [0.25, 0.3) is 0 Å². The molecule has 0 heterocycles. The number of nitrogen functional groups attached to an aromatic ring is 1. The number of alkyl halides is 1. The molecule has 3 N–H and O–H groups in total. The first-order valence-corrected chi connectivity index (χ1v) is 4.46. The first-order valence-electron chi connectivity index (χ1n) is 3.34. The molecule has 0 bridgehead atoms. The Bertz CT molecular complexity index is 312. The summed E-state index contributed by atoms with van der Waals surface area (Å²) in [5.41, 5.74) is 6.53. The number of hydrogen-bond donors (Lipinski definition) is 2. The highest BCUT2D eigenvalue weighted by Crippen LogP contribution is 2.13. The van der Waals surface area contributed by atoms with Crippen LogP contribution in [-0.4, -0.2) is 5.84 Å². The molecule has 0 atom stereocenters. The largest absolute Gasteiger partial charge is 0.384 e. The molecule has 0 spiro atoms. The van der Waals surface area contributed by atoms with E-state index in [2.05, 4.69) is 15.9 Å². The van der Waals surface area contributed by atoms with Crippen LogP contribution in [0.15, 0.2) is 18.2 Å². The molecule has 0 saturated carbocycles. The molecule has 64 valence electrons. The van der Waals surface area contributed by atoms with Gasteiger partial charge in [-0.3, -0.25) is 5.41 Å². The van der Waals surface area contributed by atoms with Gasteiger partial charge in [0.05, 0.1) is 0 Å². The lowest BCUT2D eigenvalue weighted by molar-refractivity contribution is 0.627. The van der Waals surface area contributed by atoms with Crippen molar-refractivity contribution in [3.8, 4) is 0 Å². The quantitative estimate of drug-likeness (QED) is 0.456. The summed E-state index contributed by atoms with van der Waals surface area (Å²) in [6.07, 6.45) is 0. The standard InChI is InChI=1S/C8H8BrFN2/c9-4-5-1-2-6(10)3-7(5)8(11)12/h1-3H,4H2,(H3,11,12). The Labute approximate surface area is 78.2 Å². The summed E-state index contributed by atoms with van der Waals surface area (Å²) in [6.45, 7) is 0. The fraction of sp³-hybridized carbons (Fsp3) is 0.125. The number of rotatable bonds is 2. The van der Waals surface area contributed by atoms with Crippen LogP contribution in [0.4, 0.5) is 4.39 Å². The smallest absolute Gasteiger partial charge is 0.123 e. The van der Waals surface area contributed by atoms with E-state index in [0.29, 0.717) is 10.9 Å². The van der Waals surface area contributed by atoms with Gasteiger partial charge in [0.15, 0.2) is 0 Å². The van der Waals surface area contributed by atoms with Crippen molar-refractivity contribution in [3.63, 3.8) is 0 Å². The molecule has 0 unspecified atom stereocenters. The van der Waals surface area contributed by atoms with Crippen LogP contribution in [0.2, 0.25) is 0 Å². The minimum atomic E-state index is -0.370. The van der Waals surface area contributed by atoms with Gasteiger partial charge < -0.3 is 5.73 Å². The van der Waals surface area contributed by atoms with E-state index in [-0.39, 0.29) is 11.7 Å². The zero-order chi connectivity index (χ0) is 9.14. The maximum atomic E-state index is 12.7. The Kier molecular flexibility index (Phi) is 2.81. The predicted molar refractivity (Wildman–Crippen MR) is 50.0 cm³/mol. The van der Waals surface area contributed by atoms with Crippen molar-refractivity contribution in [1.82, 2.24) is 0 Å². The number of nitrogens with one attached hydrogen (secondary N) is 1. The van der Waals surface area contributed by atoms with Crippen molar-refractivity contribution >= 4 is 21.8 Å². The van der Waals surface area contributed by atoms with Crippen molar-refractivity contribution < 1.29 is 4.39 Å². The lowest BCUT2D eigenvalue weighted by atomic mass is 10.1. The first kappa shape index (κ1) is 9.19. The van der Waals surface area contributed by atoms with Crippen LogP contribution < -0.4 is 5.73 Å². The average molecular weight is 231 g/mol. The van der Waals surface area contributed by atoms with E-state index in [1.807, 2.05) is 0 Å². The highest BCUT2D eigenvalue weighted by Gasteiger charge is 2.04. The van der Waals surface area contributed by atoms with Gasteiger partial charge in [-0.2, -0.15) is 0 Å². The van der Waals surface area contributed by atoms with E-state index in [9.17, 15) is 4.39 Å². The van der Waals surface area contributed by atoms with E-state index >= 15 is 0 Å². The average Bonchev–Trinajstić information content (AvgIpc) is 2.04. The Morgan fingerprint density at radius 2 is 2.25 bits per heavy atom. The van der Waals surface area contributed by atoms with Crippen molar-refractivity contribution in [2.75, 3.05) is 0 Å². The molecule has 1 aromatic carbocycles. The summed E-state index contributed by atoms with van der Waals surface area (Å²) < 4.78 is 12.7. The Morgan fingerprint density at radius 3 is 2.75 bits per heavy atom. The summed E-state index contributed by atoms with van der Waals surface area (Å²) in [6, 6.07) is 4.22. The number of hydrogen-bond acceptors (Lipinski definition) is 1. The molecule has 0 aliphatic heterocycles. The number of halogens is 2. The van der Waals surface area contributed by atoms with Gasteiger partial charge in [0, 0.05) is 10.9 Å². The molecule has 0 fully saturated rings. The second-order valence-corrected chi connectivity index (χ2v) is 2.91. The van der Waals surface area contributed by atoms with E-state index in [4.69, 9.17) is 11.1 Å². The summed E-state index contributed by atoms with van der Waals surface area (Å²) in [7, 11) is 0. The second kappa shape index (κ2) is 3.67. The number of nitrogens with two attached hydrogens (primary N) is 1. The molecule has 0 radical (unpaired) electrons. The van der Waals surface area contributed by atoms with Crippen LogP contribution in [0.1, 0.15) is 11.1 Å². The van der Waals surface area contributed by atoms with Crippen LogP contribution in [0.5, 0.6) is 0 Å². The highest BCUT2D eigenvalue weighted by atomic mass is 79.9. The minimum absolute atomic E-state index is 0.107. The molecule has 12 heavy (non-hydrogen) atoms. The fourth-order valence-corrected chi connectivity index (χ4v) is 1.40. The van der Waals surface area contributed by atoms with Gasteiger partial charge in [-0.1, -0.05) is 22.0 Å². The fourth-order valence-electron chi connectivity index (χ4n) is 0.916. The molecular formula is C8H8BrFN2. The predicted octanol–water partition coefficient (Wildman–Crippen LogP) is 2.00. The monoisotopic (exact) mass is 230 g/mol. The highest BCUT2D eigenvalue weighted by molar-refractivity contribution is 9.08. The van der Waals surface area contributed by atoms with Crippen LogP contribution in [-0.2, 0) is 5.33 Å². The molecule has 1 aromatic rings. The molecule has 0 aliphatic rings. The summed E-state index contributed by atoms with van der Waals surface area (Å²) in [5, 5.41) is 7.74. The topological polar surface area (TPSA) is 49.9 Å². The van der Waals surface area contributed by atoms with Gasteiger partial charge in [-0.25, -0.2) is 4.39 Å². The van der Waals surface area contributed by atoms with Crippen LogP contribution in [0, 0.1) is 11.2 Å². The van der Waals surface area contributed by atoms with E-state index < -0.39 is 0 Å². The van der Waals surface area contributed by atoms with Gasteiger partial charge in [0.2, 0.25) is 0 Å². The van der Waals surface area contributed by atoms with Gasteiger partial charge in [0.1, 0.15) is 11.7 Å². The molecule has 0 amide bonds. The van der Waals surface area contributed by atoms with Crippen molar-refractivity contribution in [3.05, 3.63) is 35.1 Å². The summed E-state index contributed by atoms with van der Waals surface area (Å²) in [4.78, 5) is 0. The van der Waals surface area contributed by atoms with Crippen LogP contribution in [0.25, 0.3) is 0 Å². The first-order chi connectivity index (χ1) is 5.65. The third-order valence-corrected chi connectivity index (χ3v) is 2.11. The van der Waals surface area contributed by atoms with E-state index in [1.54, 1.807) is 6.07 Å². The van der Waals surface area contributed by atoms with Gasteiger partial charge in [-0.05, 0) is 17.7 Å². The minimum Gasteiger partial charge on any atom is -0.384 e. The third-order valence-electron chi connectivity index (χ3n) is 1.51. The molecular weight excluding hydrogens is 223 g/mol. The van der Waals surface area contributed by atoms with Gasteiger partial charge >= 0.3 is 0 Å². The molecule has 0 aromatic heterocycles. The van der Waals surface area contributed by atoms with E-state index in [1.165, 1.54) is 12.1 Å². The Morgan fingerprint density at radius 1 is 1.58 bits per heavy atom. The maximum absolute atomic E-state index is 12.7. The third kappa shape index (κ3) is 1.82. The zero-order valence-corrected chi connectivity index (χ0v) is 7.86. The van der Waals surface area contributed by atoms with Crippen molar-refractivity contribution in [2.24, 2.45) is 5.73 Å². The molecule has 2 nitrogen and oxygen atoms in total. The normalized spacial score (nSPS) is 9.83. The molecule has 0 saturated heterocycles. The number of benzene rings is 1. The SMILES string of the molecule is N=C(N)c1cc(F)ccc1CBr. The maximum Gasteiger partial charge on any atom is 0.123 e. The Balaban J connectivity index is 3.21. The lowest BCUT2D eigenvalue weighted by Crippen LogP contribution is -2.13. The van der Waals surface area contributed by atoms with Crippen molar-refractivity contribution in [2.45, 2.75) is 5.33 Å². The van der Waals surface area contributed by atoms with Crippen LogP contribution >= 0.6 is 15.9 Å². The Hall–Kier alpha value is -0.900. The second-order valence-electron chi connectivity index (χ2n) is 2.35. The summed E-state index contributed by atoms with van der Waals surface area (Å²) >= 11 is 3.23. The molecule has 1 rings (SSSR count). The molecule has 0 aliphatic carbocycles. The molecule has 4 heteroatoms. The lowest BCUT2D eigenvalue weighted by Gasteiger charge is -2.04. The summed E-state index contributed by atoms with van der Waals surface area (Å²) in [5.74, 6) is -0.478. The van der Waals surface area contributed by atoms with Crippen molar-refractivity contribution in [1.29, 1.82) is 5.41 Å². The zero-order valence-electron chi connectivity index (χ0n) is 6.27. The number of amidine groups is 1. The van der Waals surface area contributed by atoms with Crippen LogP contribution in [0.3, 0.4) is 0 Å². The van der Waals surface area contributed by atoms with E-state index in [0.717, 1.165) is 5.56 Å². The van der Waals surface area contributed by atoms with Gasteiger partial charge in [-0.15, -0.1) is 0 Å².